The molecule has 1 aliphatic rings. The number of aryl methyl sites for hydroxylation is 1. The molecule has 1 fully saturated rings. The maximum Gasteiger partial charge on any atom is 0.229 e. The van der Waals surface area contributed by atoms with Crippen molar-refractivity contribution in [1.29, 1.82) is 0 Å². The van der Waals surface area contributed by atoms with Gasteiger partial charge in [-0.25, -0.2) is 4.98 Å². The van der Waals surface area contributed by atoms with Crippen molar-refractivity contribution < 1.29 is 9.53 Å². The number of aromatic nitrogens is 2. The number of nitrogens with one attached hydrogen (secondary N) is 1. The van der Waals surface area contributed by atoms with Crippen molar-refractivity contribution in [2.45, 2.75) is 26.3 Å². The summed E-state index contributed by atoms with van der Waals surface area (Å²) in [5.41, 5.74) is 1.97. The Morgan fingerprint density at radius 1 is 1.40 bits per heavy atom. The van der Waals surface area contributed by atoms with Crippen LogP contribution in [0, 0.1) is 5.92 Å². The summed E-state index contributed by atoms with van der Waals surface area (Å²) in [5.74, 6) is 0.734. The van der Waals surface area contributed by atoms with Crippen molar-refractivity contribution in [3.63, 3.8) is 0 Å². The molecule has 20 heavy (non-hydrogen) atoms. The first-order valence-corrected chi connectivity index (χ1v) is 7.13. The maximum atomic E-state index is 12.3. The molecular weight excluding hydrogens is 254 g/mol. The van der Waals surface area contributed by atoms with Gasteiger partial charge in [0.25, 0.3) is 0 Å². The first-order chi connectivity index (χ1) is 9.79. The Bertz CT molecular complexity index is 615. The number of amides is 1. The van der Waals surface area contributed by atoms with Gasteiger partial charge in [0.1, 0.15) is 0 Å². The van der Waals surface area contributed by atoms with Gasteiger partial charge in [0.05, 0.1) is 11.0 Å². The summed E-state index contributed by atoms with van der Waals surface area (Å²) in [6.07, 6.45) is 1.58. The van der Waals surface area contributed by atoms with Crippen LogP contribution < -0.4 is 5.32 Å². The van der Waals surface area contributed by atoms with Crippen LogP contribution in [0.1, 0.15) is 19.8 Å². The maximum absolute atomic E-state index is 12.3. The second-order valence-electron chi connectivity index (χ2n) is 5.04. The summed E-state index contributed by atoms with van der Waals surface area (Å²) >= 11 is 0. The minimum Gasteiger partial charge on any atom is -0.381 e. The molecule has 1 amide bonds. The van der Waals surface area contributed by atoms with E-state index in [9.17, 15) is 4.79 Å². The van der Waals surface area contributed by atoms with Crippen LogP contribution in [0.4, 0.5) is 5.95 Å². The number of carbonyl (C=O) groups excluding carboxylic acids is 1. The number of benzene rings is 1. The molecule has 0 radical (unpaired) electrons. The Balaban J connectivity index is 1.84. The van der Waals surface area contributed by atoms with Crippen LogP contribution in [0.2, 0.25) is 0 Å². The van der Waals surface area contributed by atoms with Gasteiger partial charge in [0.15, 0.2) is 0 Å². The number of hydrogen-bond donors (Lipinski definition) is 1. The molecule has 1 N–H and O–H groups in total. The van der Waals surface area contributed by atoms with Crippen LogP contribution in [-0.2, 0) is 16.1 Å². The third-order valence-electron chi connectivity index (χ3n) is 3.80. The zero-order valence-electron chi connectivity index (χ0n) is 11.6. The van der Waals surface area contributed by atoms with Gasteiger partial charge in [-0.3, -0.25) is 10.1 Å². The van der Waals surface area contributed by atoms with Crippen molar-refractivity contribution in [2.24, 2.45) is 5.92 Å². The molecule has 1 aliphatic heterocycles. The number of imidazole rings is 1. The molecule has 0 saturated carbocycles. The van der Waals surface area contributed by atoms with Crippen LogP contribution in [0.3, 0.4) is 0 Å². The Kier molecular flexibility index (Phi) is 3.69. The Morgan fingerprint density at radius 3 is 2.90 bits per heavy atom. The molecule has 1 aromatic carbocycles. The molecule has 106 valence electrons. The van der Waals surface area contributed by atoms with Gasteiger partial charge in [-0.15, -0.1) is 0 Å². The lowest BCUT2D eigenvalue weighted by molar-refractivity contribution is -0.122. The van der Waals surface area contributed by atoms with Crippen molar-refractivity contribution >= 4 is 22.9 Å². The summed E-state index contributed by atoms with van der Waals surface area (Å²) in [5, 5.41) is 2.98. The largest absolute Gasteiger partial charge is 0.381 e. The SMILES string of the molecule is CCn1c(NC(=O)C2CCOCC2)nc2ccccc21. The van der Waals surface area contributed by atoms with E-state index in [2.05, 4.69) is 17.2 Å². The van der Waals surface area contributed by atoms with Crippen molar-refractivity contribution in [2.75, 3.05) is 18.5 Å². The Labute approximate surface area is 117 Å². The molecular formula is C15H19N3O2. The lowest BCUT2D eigenvalue weighted by Crippen LogP contribution is -2.29. The lowest BCUT2D eigenvalue weighted by atomic mass is 10.00. The number of hydrogen-bond acceptors (Lipinski definition) is 3. The van der Waals surface area contributed by atoms with E-state index in [0.717, 1.165) is 30.4 Å². The van der Waals surface area contributed by atoms with Crippen molar-refractivity contribution in [1.82, 2.24) is 9.55 Å². The highest BCUT2D eigenvalue weighted by Crippen LogP contribution is 2.21. The topological polar surface area (TPSA) is 56.2 Å². The number of carbonyl (C=O) groups is 1. The summed E-state index contributed by atoms with van der Waals surface area (Å²) in [4.78, 5) is 16.8. The summed E-state index contributed by atoms with van der Waals surface area (Å²) in [6.45, 7) is 4.17. The highest BCUT2D eigenvalue weighted by atomic mass is 16.5. The zero-order chi connectivity index (χ0) is 13.9. The molecule has 0 atom stereocenters. The predicted molar refractivity (Wildman–Crippen MR) is 77.6 cm³/mol. The van der Waals surface area contributed by atoms with Crippen LogP contribution in [-0.4, -0.2) is 28.7 Å². The molecule has 0 spiro atoms. The molecule has 2 heterocycles. The zero-order valence-corrected chi connectivity index (χ0v) is 11.6. The highest BCUT2D eigenvalue weighted by Gasteiger charge is 2.23. The standard InChI is InChI=1S/C15H19N3O2/c1-2-18-13-6-4-3-5-12(13)16-15(18)17-14(19)11-7-9-20-10-8-11/h3-6,11H,2,7-10H2,1H3,(H,16,17,19). The molecule has 0 aliphatic carbocycles. The van der Waals surface area contributed by atoms with E-state index in [-0.39, 0.29) is 11.8 Å². The van der Waals surface area contributed by atoms with Crippen LogP contribution in [0.15, 0.2) is 24.3 Å². The third-order valence-corrected chi connectivity index (χ3v) is 3.80. The molecule has 2 aromatic rings. The minimum atomic E-state index is 0.0360. The van der Waals surface area contributed by atoms with E-state index in [4.69, 9.17) is 4.74 Å². The van der Waals surface area contributed by atoms with E-state index in [1.165, 1.54) is 0 Å². The number of para-hydroxylation sites is 2. The molecule has 1 saturated heterocycles. The van der Waals surface area contributed by atoms with Gasteiger partial charge in [0, 0.05) is 25.7 Å². The first-order valence-electron chi connectivity index (χ1n) is 7.13. The highest BCUT2D eigenvalue weighted by molar-refractivity contribution is 5.93. The quantitative estimate of drug-likeness (QED) is 0.934. The molecule has 0 bridgehead atoms. The van der Waals surface area contributed by atoms with E-state index in [1.807, 2.05) is 28.8 Å². The summed E-state index contributed by atoms with van der Waals surface area (Å²) in [6, 6.07) is 7.93. The molecule has 0 unspecified atom stereocenters. The lowest BCUT2D eigenvalue weighted by Gasteiger charge is -2.21. The second-order valence-corrected chi connectivity index (χ2v) is 5.04. The van der Waals surface area contributed by atoms with Crippen LogP contribution in [0.25, 0.3) is 11.0 Å². The molecule has 5 nitrogen and oxygen atoms in total. The van der Waals surface area contributed by atoms with Gasteiger partial charge in [-0.2, -0.15) is 0 Å². The van der Waals surface area contributed by atoms with E-state index in [1.54, 1.807) is 0 Å². The van der Waals surface area contributed by atoms with Gasteiger partial charge >= 0.3 is 0 Å². The van der Waals surface area contributed by atoms with Crippen molar-refractivity contribution in [3.05, 3.63) is 24.3 Å². The number of fused-ring (bicyclic) bond motifs is 1. The fourth-order valence-electron chi connectivity index (χ4n) is 2.66. The molecule has 5 heteroatoms. The normalized spacial score (nSPS) is 16.4. The van der Waals surface area contributed by atoms with E-state index in [0.29, 0.717) is 19.2 Å². The summed E-state index contributed by atoms with van der Waals surface area (Å²) in [7, 11) is 0. The van der Waals surface area contributed by atoms with Gasteiger partial charge in [0.2, 0.25) is 11.9 Å². The van der Waals surface area contributed by atoms with Crippen LogP contribution in [0.5, 0.6) is 0 Å². The smallest absolute Gasteiger partial charge is 0.229 e. The third kappa shape index (κ3) is 2.41. The molecule has 3 rings (SSSR count). The second kappa shape index (κ2) is 5.63. The fraction of sp³-hybridized carbons (Fsp3) is 0.467. The average molecular weight is 273 g/mol. The molecule has 1 aromatic heterocycles. The van der Waals surface area contributed by atoms with Gasteiger partial charge in [-0.1, -0.05) is 12.1 Å². The monoisotopic (exact) mass is 273 g/mol. The van der Waals surface area contributed by atoms with Gasteiger partial charge in [-0.05, 0) is 31.9 Å². The van der Waals surface area contributed by atoms with E-state index < -0.39 is 0 Å². The predicted octanol–water partition coefficient (Wildman–Crippen LogP) is 2.42. The number of ether oxygens (including phenoxy) is 1. The number of nitrogens with zero attached hydrogens (tertiary/aromatic N) is 2. The van der Waals surface area contributed by atoms with E-state index >= 15 is 0 Å². The van der Waals surface area contributed by atoms with Gasteiger partial charge < -0.3 is 9.30 Å². The Morgan fingerprint density at radius 2 is 2.15 bits per heavy atom. The number of rotatable bonds is 3. The summed E-state index contributed by atoms with van der Waals surface area (Å²) < 4.78 is 7.33. The number of anilines is 1. The fourth-order valence-corrected chi connectivity index (χ4v) is 2.66. The average Bonchev–Trinajstić information content (AvgIpc) is 2.85. The Hall–Kier alpha value is -1.88. The van der Waals surface area contributed by atoms with Crippen molar-refractivity contribution in [3.8, 4) is 0 Å². The first kappa shape index (κ1) is 13.1. The minimum absolute atomic E-state index is 0.0360. The van der Waals surface area contributed by atoms with Crippen LogP contribution >= 0.6 is 0 Å².